The molecule has 0 aromatic rings. The second-order valence-electron chi connectivity index (χ2n) is 2.70. The molecule has 0 aliphatic rings. The van der Waals surface area contributed by atoms with Crippen molar-refractivity contribution < 1.29 is 14.3 Å². The van der Waals surface area contributed by atoms with Crippen molar-refractivity contribution in [2.24, 2.45) is 5.84 Å². The molecule has 0 heterocycles. The highest BCUT2D eigenvalue weighted by Crippen LogP contribution is 1.95. The number of carbonyl (C=O) groups excluding carboxylic acids is 2. The van der Waals surface area contributed by atoms with Gasteiger partial charge in [-0.25, -0.2) is 10.6 Å². The number of allylic oxidation sites excluding steroid dienone is 1. The molecule has 5 heteroatoms. The van der Waals surface area contributed by atoms with Gasteiger partial charge in [0.1, 0.15) is 0 Å². The van der Waals surface area contributed by atoms with Crippen LogP contribution < -0.4 is 5.84 Å². The van der Waals surface area contributed by atoms with Gasteiger partial charge in [-0.2, -0.15) is 5.01 Å². The SMILES string of the molecule is CCC/C=C/CC(=O)N(N)C(=O)OC. The van der Waals surface area contributed by atoms with Crippen molar-refractivity contribution in [1.82, 2.24) is 5.01 Å². The predicted molar refractivity (Wildman–Crippen MR) is 52.1 cm³/mol. The van der Waals surface area contributed by atoms with Gasteiger partial charge in [-0.05, 0) is 6.42 Å². The molecule has 0 bridgehead atoms. The van der Waals surface area contributed by atoms with Crippen LogP contribution >= 0.6 is 0 Å². The highest BCUT2D eigenvalue weighted by Gasteiger charge is 2.15. The second kappa shape index (κ2) is 7.08. The summed E-state index contributed by atoms with van der Waals surface area (Å²) in [6, 6.07) is 0. The molecule has 2 amide bonds. The lowest BCUT2D eigenvalue weighted by Crippen LogP contribution is -2.42. The number of nitrogens with zero attached hydrogens (tertiary/aromatic N) is 1. The van der Waals surface area contributed by atoms with Gasteiger partial charge in [0, 0.05) is 6.42 Å². The maximum atomic E-state index is 11.2. The molecule has 0 unspecified atom stereocenters. The topological polar surface area (TPSA) is 72.6 Å². The summed E-state index contributed by atoms with van der Waals surface area (Å²) in [5, 5.41) is 0.469. The average Bonchev–Trinajstić information content (AvgIpc) is 2.21. The number of hydrazine groups is 1. The Morgan fingerprint density at radius 2 is 2.07 bits per heavy atom. The van der Waals surface area contributed by atoms with E-state index in [1.54, 1.807) is 6.08 Å². The number of hydrogen-bond acceptors (Lipinski definition) is 4. The van der Waals surface area contributed by atoms with Crippen LogP contribution in [0.25, 0.3) is 0 Å². The molecule has 0 fully saturated rings. The van der Waals surface area contributed by atoms with Crippen LogP contribution in [-0.4, -0.2) is 24.1 Å². The fraction of sp³-hybridized carbons (Fsp3) is 0.556. The summed E-state index contributed by atoms with van der Waals surface area (Å²) >= 11 is 0. The standard InChI is InChI=1S/C9H16N2O3/c1-3-4-5-6-7-8(12)11(10)9(13)14-2/h5-6H,3-4,7,10H2,1-2H3/b6-5+. The summed E-state index contributed by atoms with van der Waals surface area (Å²) in [5.41, 5.74) is 0. The first-order chi connectivity index (χ1) is 6.63. The van der Waals surface area contributed by atoms with Crippen LogP contribution in [0.4, 0.5) is 4.79 Å². The Bertz CT molecular complexity index is 226. The molecule has 0 aliphatic carbocycles. The lowest BCUT2D eigenvalue weighted by Gasteiger charge is -2.11. The molecule has 80 valence electrons. The van der Waals surface area contributed by atoms with Crippen LogP contribution in [0.15, 0.2) is 12.2 Å². The van der Waals surface area contributed by atoms with Gasteiger partial charge in [0.15, 0.2) is 0 Å². The lowest BCUT2D eigenvalue weighted by atomic mass is 10.3. The zero-order chi connectivity index (χ0) is 11.0. The van der Waals surface area contributed by atoms with Crippen molar-refractivity contribution >= 4 is 12.0 Å². The van der Waals surface area contributed by atoms with E-state index in [0.717, 1.165) is 12.8 Å². The van der Waals surface area contributed by atoms with E-state index in [2.05, 4.69) is 4.74 Å². The monoisotopic (exact) mass is 200 g/mol. The average molecular weight is 200 g/mol. The normalized spacial score (nSPS) is 10.2. The summed E-state index contributed by atoms with van der Waals surface area (Å²) in [6.07, 6.45) is 4.77. The summed E-state index contributed by atoms with van der Waals surface area (Å²) in [6.45, 7) is 2.04. The number of carbonyl (C=O) groups is 2. The molecular weight excluding hydrogens is 184 g/mol. The van der Waals surface area contributed by atoms with Crippen molar-refractivity contribution in [2.75, 3.05) is 7.11 Å². The number of unbranched alkanes of at least 4 members (excludes halogenated alkanes) is 1. The summed E-state index contributed by atoms with van der Waals surface area (Å²) in [5.74, 6) is 4.68. The zero-order valence-corrected chi connectivity index (χ0v) is 8.53. The Morgan fingerprint density at radius 1 is 1.43 bits per heavy atom. The Balaban J connectivity index is 3.90. The third-order valence-electron chi connectivity index (χ3n) is 1.55. The second-order valence-corrected chi connectivity index (χ2v) is 2.70. The molecule has 0 spiro atoms. The van der Waals surface area contributed by atoms with Crippen molar-refractivity contribution in [3.63, 3.8) is 0 Å². The largest absolute Gasteiger partial charge is 0.451 e. The third-order valence-corrected chi connectivity index (χ3v) is 1.55. The van der Waals surface area contributed by atoms with Gasteiger partial charge in [-0.3, -0.25) is 4.79 Å². The minimum Gasteiger partial charge on any atom is -0.451 e. The summed E-state index contributed by atoms with van der Waals surface area (Å²) in [7, 11) is 1.17. The number of hydrogen-bond donors (Lipinski definition) is 1. The van der Waals surface area contributed by atoms with Crippen LogP contribution in [0.1, 0.15) is 26.2 Å². The first-order valence-electron chi connectivity index (χ1n) is 4.44. The maximum Gasteiger partial charge on any atom is 0.431 e. The highest BCUT2D eigenvalue weighted by molar-refractivity contribution is 5.91. The molecule has 0 atom stereocenters. The number of ether oxygens (including phenoxy) is 1. The van der Waals surface area contributed by atoms with E-state index in [4.69, 9.17) is 5.84 Å². The first-order valence-corrected chi connectivity index (χ1v) is 4.44. The molecule has 0 saturated heterocycles. The first kappa shape index (κ1) is 12.6. The number of nitrogens with two attached hydrogens (primary N) is 1. The van der Waals surface area contributed by atoms with Gasteiger partial charge >= 0.3 is 6.09 Å². The molecule has 14 heavy (non-hydrogen) atoms. The number of imide groups is 1. The van der Waals surface area contributed by atoms with E-state index >= 15 is 0 Å². The van der Waals surface area contributed by atoms with Gasteiger partial charge in [-0.15, -0.1) is 0 Å². The Hall–Kier alpha value is -1.36. The van der Waals surface area contributed by atoms with Crippen molar-refractivity contribution in [1.29, 1.82) is 0 Å². The van der Waals surface area contributed by atoms with Crippen molar-refractivity contribution in [2.45, 2.75) is 26.2 Å². The molecule has 5 nitrogen and oxygen atoms in total. The molecule has 0 aromatic heterocycles. The van der Waals surface area contributed by atoms with Gasteiger partial charge < -0.3 is 4.74 Å². The smallest absolute Gasteiger partial charge is 0.431 e. The minimum absolute atomic E-state index is 0.117. The van der Waals surface area contributed by atoms with Gasteiger partial charge in [0.2, 0.25) is 5.91 Å². The highest BCUT2D eigenvalue weighted by atomic mass is 16.5. The molecule has 2 N–H and O–H groups in total. The van der Waals surface area contributed by atoms with Crippen LogP contribution in [0, 0.1) is 0 Å². The van der Waals surface area contributed by atoms with E-state index in [9.17, 15) is 9.59 Å². The lowest BCUT2D eigenvalue weighted by molar-refractivity contribution is -0.128. The van der Waals surface area contributed by atoms with Gasteiger partial charge in [-0.1, -0.05) is 25.5 Å². The van der Waals surface area contributed by atoms with Crippen LogP contribution in [0.3, 0.4) is 0 Å². The quantitative estimate of drug-likeness (QED) is 0.320. The Morgan fingerprint density at radius 3 is 2.57 bits per heavy atom. The van der Waals surface area contributed by atoms with E-state index in [-0.39, 0.29) is 6.42 Å². The van der Waals surface area contributed by atoms with Crippen LogP contribution in [0.2, 0.25) is 0 Å². The van der Waals surface area contributed by atoms with Crippen LogP contribution in [-0.2, 0) is 9.53 Å². The Kier molecular flexibility index (Phi) is 6.39. The molecule has 0 rings (SSSR count). The third kappa shape index (κ3) is 4.61. The minimum atomic E-state index is -0.848. The fourth-order valence-corrected chi connectivity index (χ4v) is 0.767. The molecule has 0 aromatic carbocycles. The predicted octanol–water partition coefficient (Wildman–Crippen LogP) is 1.20. The molecular formula is C9H16N2O3. The van der Waals surface area contributed by atoms with E-state index in [1.807, 2.05) is 13.0 Å². The van der Waals surface area contributed by atoms with E-state index < -0.39 is 12.0 Å². The van der Waals surface area contributed by atoms with Crippen LogP contribution in [0.5, 0.6) is 0 Å². The van der Waals surface area contributed by atoms with Gasteiger partial charge in [0.05, 0.1) is 7.11 Å². The summed E-state index contributed by atoms with van der Waals surface area (Å²) < 4.78 is 4.28. The van der Waals surface area contributed by atoms with Gasteiger partial charge in [0.25, 0.3) is 0 Å². The molecule has 0 saturated carbocycles. The number of methoxy groups -OCH3 is 1. The van der Waals surface area contributed by atoms with E-state index in [1.165, 1.54) is 7.11 Å². The number of amides is 2. The summed E-state index contributed by atoms with van der Waals surface area (Å²) in [4.78, 5) is 21.9. The molecule has 0 radical (unpaired) electrons. The maximum absolute atomic E-state index is 11.2. The molecule has 0 aliphatic heterocycles. The zero-order valence-electron chi connectivity index (χ0n) is 8.53. The van der Waals surface area contributed by atoms with Crippen molar-refractivity contribution in [3.8, 4) is 0 Å². The van der Waals surface area contributed by atoms with E-state index in [0.29, 0.717) is 5.01 Å². The number of rotatable bonds is 4. The van der Waals surface area contributed by atoms with Crippen molar-refractivity contribution in [3.05, 3.63) is 12.2 Å². The fourth-order valence-electron chi connectivity index (χ4n) is 0.767. The Labute approximate surface area is 83.5 Å².